The Balaban J connectivity index is 1.89. The Labute approximate surface area is 143 Å². The molecule has 0 aromatic heterocycles. The second-order valence-electron chi connectivity index (χ2n) is 7.12. The molecule has 0 aliphatic heterocycles. The van der Waals surface area contributed by atoms with Crippen LogP contribution in [0.1, 0.15) is 36.1 Å². The molecule has 1 aliphatic rings. The van der Waals surface area contributed by atoms with E-state index in [-0.39, 0.29) is 5.41 Å². The summed E-state index contributed by atoms with van der Waals surface area (Å²) in [6.45, 7) is 6.61. The maximum atomic E-state index is 9.22. The maximum absolute atomic E-state index is 9.22. The molecule has 0 saturated carbocycles. The molecule has 0 bridgehead atoms. The van der Waals surface area contributed by atoms with Gasteiger partial charge in [0, 0.05) is 5.41 Å². The van der Waals surface area contributed by atoms with E-state index in [1.165, 1.54) is 38.9 Å². The number of hydrogen-bond acceptors (Lipinski definition) is 1. The zero-order valence-electron chi connectivity index (χ0n) is 14.2. The van der Waals surface area contributed by atoms with Gasteiger partial charge in [-0.25, -0.2) is 0 Å². The predicted octanol–water partition coefficient (Wildman–Crippen LogP) is 5.84. The van der Waals surface area contributed by atoms with Crippen molar-refractivity contribution in [2.75, 3.05) is 0 Å². The highest BCUT2D eigenvalue weighted by atomic mass is 14.4. The predicted molar refractivity (Wildman–Crippen MR) is 98.9 cm³/mol. The van der Waals surface area contributed by atoms with E-state index >= 15 is 0 Å². The largest absolute Gasteiger partial charge is 0.192 e. The number of hydrogen-bond donors (Lipinski definition) is 0. The average molecular weight is 309 g/mol. The molecule has 0 heterocycles. The highest BCUT2D eigenvalue weighted by Gasteiger charge is 2.35. The monoisotopic (exact) mass is 309 g/mol. The van der Waals surface area contributed by atoms with Gasteiger partial charge in [-0.15, -0.1) is 0 Å². The second kappa shape index (κ2) is 5.08. The van der Waals surface area contributed by atoms with E-state index in [9.17, 15) is 5.26 Å². The molecular weight excluding hydrogens is 290 g/mol. The van der Waals surface area contributed by atoms with Crippen LogP contribution >= 0.6 is 0 Å². The third kappa shape index (κ3) is 2.07. The average Bonchev–Trinajstić information content (AvgIpc) is 2.82. The van der Waals surface area contributed by atoms with Crippen LogP contribution in [-0.2, 0) is 5.41 Å². The lowest BCUT2D eigenvalue weighted by Gasteiger charge is -2.22. The van der Waals surface area contributed by atoms with Gasteiger partial charge in [0.15, 0.2) is 0 Å². The first-order valence-electron chi connectivity index (χ1n) is 8.27. The van der Waals surface area contributed by atoms with Crippen LogP contribution in [0.15, 0.2) is 60.7 Å². The van der Waals surface area contributed by atoms with E-state index in [4.69, 9.17) is 0 Å². The fourth-order valence-corrected chi connectivity index (χ4v) is 3.73. The number of nitrogens with zero attached hydrogens (tertiary/aromatic N) is 1. The Kier molecular flexibility index (Phi) is 3.11. The van der Waals surface area contributed by atoms with Crippen LogP contribution < -0.4 is 0 Å². The van der Waals surface area contributed by atoms with Gasteiger partial charge < -0.3 is 0 Å². The fourth-order valence-electron chi connectivity index (χ4n) is 3.73. The van der Waals surface area contributed by atoms with Crippen molar-refractivity contribution in [3.8, 4) is 28.3 Å². The molecule has 0 spiro atoms. The molecule has 1 nitrogen and oxygen atoms in total. The van der Waals surface area contributed by atoms with Crippen molar-refractivity contribution < 1.29 is 0 Å². The molecule has 0 N–H and O–H groups in total. The maximum Gasteiger partial charge on any atom is 0.0991 e. The van der Waals surface area contributed by atoms with Crippen LogP contribution in [0.25, 0.3) is 22.3 Å². The minimum absolute atomic E-state index is 0.0851. The third-order valence-electron chi connectivity index (χ3n) is 5.19. The van der Waals surface area contributed by atoms with Gasteiger partial charge in [0.25, 0.3) is 0 Å². The van der Waals surface area contributed by atoms with Crippen molar-refractivity contribution >= 4 is 0 Å². The van der Waals surface area contributed by atoms with Gasteiger partial charge in [-0.2, -0.15) is 5.26 Å². The third-order valence-corrected chi connectivity index (χ3v) is 5.19. The first-order chi connectivity index (χ1) is 11.5. The Hall–Kier alpha value is -2.85. The SMILES string of the molecule is Cc1ccc(-c2ccc3c(c2)C(C)(C)c2cc(C#N)ccc2-3)cc1. The van der Waals surface area contributed by atoms with Gasteiger partial charge in [-0.3, -0.25) is 0 Å². The lowest BCUT2D eigenvalue weighted by atomic mass is 9.81. The number of nitriles is 1. The van der Waals surface area contributed by atoms with Crippen LogP contribution in [0.2, 0.25) is 0 Å². The molecular formula is C23H19N. The van der Waals surface area contributed by atoms with Crippen molar-refractivity contribution in [3.63, 3.8) is 0 Å². The van der Waals surface area contributed by atoms with Crippen LogP contribution in [-0.4, -0.2) is 0 Å². The van der Waals surface area contributed by atoms with Crippen LogP contribution in [0.3, 0.4) is 0 Å². The molecule has 3 aromatic rings. The number of rotatable bonds is 1. The minimum atomic E-state index is -0.0851. The van der Waals surface area contributed by atoms with Gasteiger partial charge >= 0.3 is 0 Å². The summed E-state index contributed by atoms with van der Waals surface area (Å²) in [7, 11) is 0. The van der Waals surface area contributed by atoms with Crippen LogP contribution in [0, 0.1) is 18.3 Å². The first kappa shape index (κ1) is 14.7. The zero-order valence-corrected chi connectivity index (χ0v) is 14.2. The molecule has 0 fully saturated rings. The van der Waals surface area contributed by atoms with Gasteiger partial charge in [-0.05, 0) is 58.5 Å². The molecule has 1 aliphatic carbocycles. The first-order valence-corrected chi connectivity index (χ1v) is 8.27. The van der Waals surface area contributed by atoms with E-state index < -0.39 is 0 Å². The molecule has 116 valence electrons. The summed E-state index contributed by atoms with van der Waals surface area (Å²) in [4.78, 5) is 0. The Morgan fingerprint density at radius 1 is 0.750 bits per heavy atom. The minimum Gasteiger partial charge on any atom is -0.192 e. The Morgan fingerprint density at radius 3 is 2.00 bits per heavy atom. The second-order valence-corrected chi connectivity index (χ2v) is 7.12. The summed E-state index contributed by atoms with van der Waals surface area (Å²) in [5.41, 5.74) is 9.54. The number of fused-ring (bicyclic) bond motifs is 3. The molecule has 0 amide bonds. The number of aryl methyl sites for hydroxylation is 1. The molecule has 1 heteroatoms. The van der Waals surface area contributed by atoms with E-state index in [1.54, 1.807) is 0 Å². The lowest BCUT2D eigenvalue weighted by molar-refractivity contribution is 0.660. The van der Waals surface area contributed by atoms with Crippen LogP contribution in [0.4, 0.5) is 0 Å². The standard InChI is InChI=1S/C23H19N/c1-15-4-7-17(8-5-15)18-9-11-20-19-10-6-16(14-24)12-21(19)23(2,3)22(20)13-18/h4-13H,1-3H3. The van der Waals surface area contributed by atoms with Gasteiger partial charge in [0.1, 0.15) is 0 Å². The highest BCUT2D eigenvalue weighted by molar-refractivity contribution is 5.84. The quantitative estimate of drug-likeness (QED) is 0.554. The summed E-state index contributed by atoms with van der Waals surface area (Å²) >= 11 is 0. The lowest BCUT2D eigenvalue weighted by Crippen LogP contribution is -2.15. The van der Waals surface area contributed by atoms with Gasteiger partial charge in [0.2, 0.25) is 0 Å². The smallest absolute Gasteiger partial charge is 0.0991 e. The molecule has 0 unspecified atom stereocenters. The number of benzene rings is 3. The Bertz CT molecular complexity index is 986. The molecule has 3 aromatic carbocycles. The fraction of sp³-hybridized carbons (Fsp3) is 0.174. The van der Waals surface area contributed by atoms with E-state index in [0.29, 0.717) is 0 Å². The van der Waals surface area contributed by atoms with Gasteiger partial charge in [-0.1, -0.05) is 61.9 Å². The topological polar surface area (TPSA) is 23.8 Å². The van der Waals surface area contributed by atoms with E-state index in [1.807, 2.05) is 12.1 Å². The van der Waals surface area contributed by atoms with Gasteiger partial charge in [0.05, 0.1) is 11.6 Å². The van der Waals surface area contributed by atoms with E-state index in [0.717, 1.165) is 5.56 Å². The van der Waals surface area contributed by atoms with Crippen molar-refractivity contribution in [3.05, 3.63) is 82.9 Å². The van der Waals surface area contributed by atoms with Crippen molar-refractivity contribution in [1.82, 2.24) is 0 Å². The summed E-state index contributed by atoms with van der Waals surface area (Å²) in [6, 6.07) is 23.7. The highest BCUT2D eigenvalue weighted by Crippen LogP contribution is 2.49. The molecule has 24 heavy (non-hydrogen) atoms. The van der Waals surface area contributed by atoms with E-state index in [2.05, 4.69) is 75.4 Å². The molecule has 0 radical (unpaired) electrons. The van der Waals surface area contributed by atoms with Crippen LogP contribution in [0.5, 0.6) is 0 Å². The Morgan fingerprint density at radius 2 is 1.33 bits per heavy atom. The normalized spacial score (nSPS) is 13.9. The summed E-state index contributed by atoms with van der Waals surface area (Å²) in [5.74, 6) is 0. The van der Waals surface area contributed by atoms with Crippen molar-refractivity contribution in [2.45, 2.75) is 26.2 Å². The van der Waals surface area contributed by atoms with Crippen molar-refractivity contribution in [2.24, 2.45) is 0 Å². The molecule has 4 rings (SSSR count). The van der Waals surface area contributed by atoms with Crippen molar-refractivity contribution in [1.29, 1.82) is 5.26 Å². The molecule has 0 atom stereocenters. The molecule has 0 saturated heterocycles. The summed E-state index contributed by atoms with van der Waals surface area (Å²) in [6.07, 6.45) is 0. The summed E-state index contributed by atoms with van der Waals surface area (Å²) < 4.78 is 0. The summed E-state index contributed by atoms with van der Waals surface area (Å²) in [5, 5.41) is 9.22. The zero-order chi connectivity index (χ0) is 16.9.